The van der Waals surface area contributed by atoms with E-state index in [4.69, 9.17) is 5.11 Å². The van der Waals surface area contributed by atoms with Crippen LogP contribution in [0.3, 0.4) is 0 Å². The highest BCUT2D eigenvalue weighted by molar-refractivity contribution is 5.93. The number of piperidine rings is 1. The minimum absolute atomic E-state index is 0.176. The number of aromatic carboxylic acids is 1. The summed E-state index contributed by atoms with van der Waals surface area (Å²) in [5.74, 6) is -0.0282. The number of fused-ring (bicyclic) bond motifs is 1. The molecule has 0 aromatic carbocycles. The van der Waals surface area contributed by atoms with Crippen molar-refractivity contribution in [3.63, 3.8) is 0 Å². The Labute approximate surface area is 122 Å². The van der Waals surface area contributed by atoms with Crippen LogP contribution in [0.25, 0.3) is 5.65 Å². The number of aliphatic hydroxyl groups excluding tert-OH is 1. The van der Waals surface area contributed by atoms with Crippen molar-refractivity contribution in [1.82, 2.24) is 9.38 Å². The summed E-state index contributed by atoms with van der Waals surface area (Å²) in [7, 11) is 0. The minimum Gasteiger partial charge on any atom is -0.476 e. The summed E-state index contributed by atoms with van der Waals surface area (Å²) in [6.07, 6.45) is 4.56. The number of anilines is 1. The van der Waals surface area contributed by atoms with Gasteiger partial charge in [0.05, 0.1) is 0 Å². The lowest BCUT2D eigenvalue weighted by atomic mass is 9.95. The number of aromatic nitrogens is 2. The summed E-state index contributed by atoms with van der Waals surface area (Å²) in [4.78, 5) is 18.2. The lowest BCUT2D eigenvalue weighted by Gasteiger charge is -2.33. The van der Waals surface area contributed by atoms with Gasteiger partial charge in [-0.15, -0.1) is 0 Å². The van der Waals surface area contributed by atoms with E-state index in [1.165, 1.54) is 0 Å². The fourth-order valence-corrected chi connectivity index (χ4v) is 3.08. The molecule has 1 aliphatic heterocycles. The summed E-state index contributed by atoms with van der Waals surface area (Å²) >= 11 is 0. The van der Waals surface area contributed by atoms with Crippen molar-refractivity contribution in [1.29, 1.82) is 0 Å². The highest BCUT2D eigenvalue weighted by Crippen LogP contribution is 2.28. The fourth-order valence-electron chi connectivity index (χ4n) is 3.08. The molecule has 0 radical (unpaired) electrons. The summed E-state index contributed by atoms with van der Waals surface area (Å²) in [6.45, 7) is 1.74. The maximum Gasteiger partial charge on any atom is 0.356 e. The Morgan fingerprint density at radius 1 is 1.43 bits per heavy atom. The predicted molar refractivity (Wildman–Crippen MR) is 78.8 cm³/mol. The average molecular weight is 289 g/mol. The van der Waals surface area contributed by atoms with Crippen molar-refractivity contribution in [2.75, 3.05) is 24.6 Å². The second kappa shape index (κ2) is 5.73. The highest BCUT2D eigenvalue weighted by Gasteiger charge is 2.27. The van der Waals surface area contributed by atoms with Crippen molar-refractivity contribution in [3.8, 4) is 0 Å². The van der Waals surface area contributed by atoms with Crippen LogP contribution in [0.2, 0.25) is 0 Å². The molecule has 1 unspecified atom stereocenters. The summed E-state index contributed by atoms with van der Waals surface area (Å²) < 4.78 is 1.62. The van der Waals surface area contributed by atoms with Crippen molar-refractivity contribution < 1.29 is 15.0 Å². The van der Waals surface area contributed by atoms with Gasteiger partial charge in [0.2, 0.25) is 0 Å². The van der Waals surface area contributed by atoms with Crippen LogP contribution in [-0.2, 0) is 0 Å². The Morgan fingerprint density at radius 2 is 2.29 bits per heavy atom. The number of rotatable bonds is 4. The third-order valence-electron chi connectivity index (χ3n) is 4.07. The zero-order valence-electron chi connectivity index (χ0n) is 11.8. The first-order valence-electron chi connectivity index (χ1n) is 7.27. The first-order valence-corrected chi connectivity index (χ1v) is 7.27. The Morgan fingerprint density at radius 3 is 3.05 bits per heavy atom. The van der Waals surface area contributed by atoms with Gasteiger partial charge in [-0.25, -0.2) is 9.78 Å². The number of hydrogen-bond acceptors (Lipinski definition) is 4. The van der Waals surface area contributed by atoms with E-state index >= 15 is 0 Å². The van der Waals surface area contributed by atoms with Crippen molar-refractivity contribution in [2.45, 2.75) is 19.3 Å². The number of carboxylic acid groups (broad SMARTS) is 1. The van der Waals surface area contributed by atoms with Crippen molar-refractivity contribution >= 4 is 17.4 Å². The topological polar surface area (TPSA) is 78.1 Å². The van der Waals surface area contributed by atoms with E-state index in [1.807, 2.05) is 17.0 Å². The van der Waals surface area contributed by atoms with E-state index in [9.17, 15) is 9.90 Å². The Hall–Kier alpha value is -2.08. The molecule has 1 fully saturated rings. The maximum absolute atomic E-state index is 11.6. The molecule has 0 bridgehead atoms. The van der Waals surface area contributed by atoms with Crippen molar-refractivity contribution in [3.05, 3.63) is 30.1 Å². The summed E-state index contributed by atoms with van der Waals surface area (Å²) in [6, 6.07) is 5.46. The molecular weight excluding hydrogens is 270 g/mol. The third-order valence-corrected chi connectivity index (χ3v) is 4.07. The SMILES string of the molecule is O=C(O)c1c(N2CCCC(CCO)C2)nc2ccccn12. The zero-order chi connectivity index (χ0) is 14.8. The highest BCUT2D eigenvalue weighted by atomic mass is 16.4. The van der Waals surface area contributed by atoms with Gasteiger partial charge in [0, 0.05) is 25.9 Å². The van der Waals surface area contributed by atoms with Crippen LogP contribution < -0.4 is 4.90 Å². The van der Waals surface area contributed by atoms with Crippen molar-refractivity contribution in [2.24, 2.45) is 5.92 Å². The molecule has 21 heavy (non-hydrogen) atoms. The number of imidazole rings is 1. The van der Waals surface area contributed by atoms with Gasteiger partial charge in [-0.2, -0.15) is 0 Å². The van der Waals surface area contributed by atoms with Gasteiger partial charge in [-0.1, -0.05) is 6.07 Å². The minimum atomic E-state index is -0.965. The smallest absolute Gasteiger partial charge is 0.356 e. The number of pyridine rings is 1. The fraction of sp³-hybridized carbons (Fsp3) is 0.467. The third kappa shape index (κ3) is 2.58. The Bertz CT molecular complexity index is 651. The van der Waals surface area contributed by atoms with E-state index in [-0.39, 0.29) is 12.3 Å². The molecule has 2 aromatic rings. The molecule has 0 spiro atoms. The van der Waals surface area contributed by atoms with Gasteiger partial charge >= 0.3 is 5.97 Å². The number of carbonyl (C=O) groups is 1. The van der Waals surface area contributed by atoms with E-state index in [1.54, 1.807) is 16.7 Å². The molecule has 6 heteroatoms. The second-order valence-corrected chi connectivity index (χ2v) is 5.48. The largest absolute Gasteiger partial charge is 0.476 e. The standard InChI is InChI=1S/C15H19N3O3/c19-9-6-11-4-3-7-17(10-11)14-13(15(20)21)18-8-2-1-5-12(18)16-14/h1-2,5,8,11,19H,3-4,6-7,9-10H2,(H,20,21). The molecule has 2 aromatic heterocycles. The van der Waals surface area contributed by atoms with Crippen LogP contribution in [0.4, 0.5) is 5.82 Å². The zero-order valence-corrected chi connectivity index (χ0v) is 11.8. The molecule has 1 aliphatic rings. The van der Waals surface area contributed by atoms with Crippen LogP contribution in [0.1, 0.15) is 29.8 Å². The predicted octanol–water partition coefficient (Wildman–Crippen LogP) is 1.63. The van der Waals surface area contributed by atoms with E-state index in [0.717, 1.165) is 32.4 Å². The lowest BCUT2D eigenvalue weighted by Crippen LogP contribution is -2.36. The first kappa shape index (κ1) is 13.9. The lowest BCUT2D eigenvalue weighted by molar-refractivity contribution is 0.0690. The van der Waals surface area contributed by atoms with Gasteiger partial charge < -0.3 is 15.1 Å². The first-order chi connectivity index (χ1) is 10.2. The molecule has 0 saturated carbocycles. The molecule has 2 N–H and O–H groups in total. The number of nitrogens with zero attached hydrogens (tertiary/aromatic N) is 3. The quantitative estimate of drug-likeness (QED) is 0.894. The van der Waals surface area contributed by atoms with Crippen LogP contribution in [-0.4, -0.2) is 45.3 Å². The summed E-state index contributed by atoms with van der Waals surface area (Å²) in [5, 5.41) is 18.6. The van der Waals surface area contributed by atoms with Gasteiger partial charge in [-0.05, 0) is 37.3 Å². The number of carboxylic acids is 1. The van der Waals surface area contributed by atoms with Gasteiger partial charge in [0.15, 0.2) is 11.5 Å². The molecule has 6 nitrogen and oxygen atoms in total. The van der Waals surface area contributed by atoms with Crippen LogP contribution in [0.5, 0.6) is 0 Å². The Balaban J connectivity index is 1.99. The Kier molecular flexibility index (Phi) is 3.79. The molecule has 1 saturated heterocycles. The van der Waals surface area contributed by atoms with Crippen LogP contribution in [0.15, 0.2) is 24.4 Å². The van der Waals surface area contributed by atoms with E-state index < -0.39 is 5.97 Å². The molecular formula is C15H19N3O3. The summed E-state index contributed by atoms with van der Waals surface area (Å²) in [5.41, 5.74) is 0.865. The average Bonchev–Trinajstić information content (AvgIpc) is 2.87. The van der Waals surface area contributed by atoms with Gasteiger partial charge in [0.25, 0.3) is 0 Å². The van der Waals surface area contributed by atoms with Gasteiger partial charge in [-0.3, -0.25) is 4.40 Å². The molecule has 0 aliphatic carbocycles. The van der Waals surface area contributed by atoms with Crippen LogP contribution in [0, 0.1) is 5.92 Å². The molecule has 3 rings (SSSR count). The monoisotopic (exact) mass is 289 g/mol. The number of hydrogen-bond donors (Lipinski definition) is 2. The van der Waals surface area contributed by atoms with E-state index in [0.29, 0.717) is 17.4 Å². The molecule has 112 valence electrons. The molecule has 0 amide bonds. The maximum atomic E-state index is 11.6. The second-order valence-electron chi connectivity index (χ2n) is 5.48. The van der Waals surface area contributed by atoms with E-state index in [2.05, 4.69) is 4.98 Å². The van der Waals surface area contributed by atoms with Gasteiger partial charge in [0.1, 0.15) is 5.65 Å². The normalized spacial score (nSPS) is 19.1. The number of aliphatic hydroxyl groups is 1. The van der Waals surface area contributed by atoms with Crippen LogP contribution >= 0.6 is 0 Å². The molecule has 1 atom stereocenters. The molecule has 3 heterocycles.